The maximum atomic E-state index is 11.4. The van der Waals surface area contributed by atoms with Gasteiger partial charge in [0.15, 0.2) is 0 Å². The van der Waals surface area contributed by atoms with Gasteiger partial charge >= 0.3 is 0 Å². The van der Waals surface area contributed by atoms with E-state index in [1.807, 2.05) is 23.9 Å². The van der Waals surface area contributed by atoms with Crippen LogP contribution >= 0.6 is 0 Å². The molecule has 0 radical (unpaired) electrons. The molecule has 1 rings (SSSR count). The summed E-state index contributed by atoms with van der Waals surface area (Å²) < 4.78 is 1.99. The minimum Gasteiger partial charge on any atom is -0.300 e. The summed E-state index contributed by atoms with van der Waals surface area (Å²) in [6, 6.07) is 2.46. The Hall–Kier alpha value is -1.12. The van der Waals surface area contributed by atoms with Gasteiger partial charge in [0.05, 0.1) is 5.69 Å². The third-order valence-electron chi connectivity index (χ3n) is 2.89. The molecule has 0 bridgehead atoms. The number of rotatable bonds is 7. The first-order valence-electron chi connectivity index (χ1n) is 6.23. The highest BCUT2D eigenvalue weighted by atomic mass is 16.1. The molecule has 0 saturated carbocycles. The van der Waals surface area contributed by atoms with E-state index in [0.717, 1.165) is 25.0 Å². The summed E-state index contributed by atoms with van der Waals surface area (Å²) in [5.74, 6) is 0.348. The topological polar surface area (TPSA) is 34.9 Å². The average molecular weight is 222 g/mol. The third kappa shape index (κ3) is 3.80. The second kappa shape index (κ2) is 6.46. The Morgan fingerprint density at radius 2 is 2.19 bits per heavy atom. The molecule has 0 aliphatic carbocycles. The van der Waals surface area contributed by atoms with Gasteiger partial charge in [-0.1, -0.05) is 13.8 Å². The van der Waals surface area contributed by atoms with Gasteiger partial charge in [-0.15, -0.1) is 0 Å². The summed E-state index contributed by atoms with van der Waals surface area (Å²) in [5, 5.41) is 4.48. The third-order valence-corrected chi connectivity index (χ3v) is 2.89. The molecule has 0 N–H and O–H groups in total. The SMILES string of the molecule is CCCC(=O)CCc1ccn(C(C)CC)n1. The van der Waals surface area contributed by atoms with Crippen LogP contribution in [0.25, 0.3) is 0 Å². The van der Waals surface area contributed by atoms with Gasteiger partial charge in [0.1, 0.15) is 5.78 Å². The molecule has 0 aliphatic heterocycles. The van der Waals surface area contributed by atoms with Crippen LogP contribution < -0.4 is 0 Å². The molecule has 0 aromatic carbocycles. The van der Waals surface area contributed by atoms with Crippen LogP contribution in [-0.2, 0) is 11.2 Å². The zero-order valence-electron chi connectivity index (χ0n) is 10.6. The minimum atomic E-state index is 0.348. The van der Waals surface area contributed by atoms with Gasteiger partial charge < -0.3 is 0 Å². The fourth-order valence-electron chi connectivity index (χ4n) is 1.61. The predicted octanol–water partition coefficient (Wildman–Crippen LogP) is 3.16. The second-order valence-electron chi connectivity index (χ2n) is 4.33. The first-order valence-corrected chi connectivity index (χ1v) is 6.23. The van der Waals surface area contributed by atoms with E-state index in [-0.39, 0.29) is 0 Å². The quantitative estimate of drug-likeness (QED) is 0.710. The van der Waals surface area contributed by atoms with Crippen LogP contribution in [-0.4, -0.2) is 15.6 Å². The summed E-state index contributed by atoms with van der Waals surface area (Å²) in [6.45, 7) is 6.34. The number of ketones is 1. The predicted molar refractivity (Wildman–Crippen MR) is 65.5 cm³/mol. The lowest BCUT2D eigenvalue weighted by atomic mass is 10.1. The van der Waals surface area contributed by atoms with Crippen LogP contribution in [0.2, 0.25) is 0 Å². The number of carbonyl (C=O) groups is 1. The lowest BCUT2D eigenvalue weighted by molar-refractivity contribution is -0.119. The molecule has 1 unspecified atom stereocenters. The second-order valence-corrected chi connectivity index (χ2v) is 4.33. The molecule has 1 atom stereocenters. The highest BCUT2D eigenvalue weighted by Gasteiger charge is 2.06. The molecule has 3 nitrogen and oxygen atoms in total. The van der Waals surface area contributed by atoms with Crippen molar-refractivity contribution in [3.63, 3.8) is 0 Å². The lowest BCUT2D eigenvalue weighted by Gasteiger charge is -2.07. The van der Waals surface area contributed by atoms with Gasteiger partial charge in [0.25, 0.3) is 0 Å². The maximum Gasteiger partial charge on any atom is 0.133 e. The Morgan fingerprint density at radius 3 is 2.81 bits per heavy atom. The maximum absolute atomic E-state index is 11.4. The summed E-state index contributed by atoms with van der Waals surface area (Å²) in [5.41, 5.74) is 1.03. The monoisotopic (exact) mass is 222 g/mol. The Labute approximate surface area is 97.8 Å². The largest absolute Gasteiger partial charge is 0.300 e. The van der Waals surface area contributed by atoms with E-state index >= 15 is 0 Å². The zero-order valence-corrected chi connectivity index (χ0v) is 10.6. The number of nitrogens with zero attached hydrogens (tertiary/aromatic N) is 2. The van der Waals surface area contributed by atoms with Gasteiger partial charge in [0.2, 0.25) is 0 Å². The summed E-state index contributed by atoms with van der Waals surface area (Å²) in [4.78, 5) is 11.4. The number of hydrogen-bond donors (Lipinski definition) is 0. The van der Waals surface area contributed by atoms with E-state index in [0.29, 0.717) is 24.7 Å². The number of aromatic nitrogens is 2. The molecule has 0 fully saturated rings. The normalized spacial score (nSPS) is 12.7. The van der Waals surface area contributed by atoms with Crippen molar-refractivity contribution in [1.82, 2.24) is 9.78 Å². The number of hydrogen-bond acceptors (Lipinski definition) is 2. The van der Waals surface area contributed by atoms with Crippen molar-refractivity contribution in [3.8, 4) is 0 Å². The molecule has 1 heterocycles. The van der Waals surface area contributed by atoms with E-state index in [9.17, 15) is 4.79 Å². The Morgan fingerprint density at radius 1 is 1.44 bits per heavy atom. The molecule has 3 heteroatoms. The van der Waals surface area contributed by atoms with Gasteiger partial charge in [-0.3, -0.25) is 9.48 Å². The van der Waals surface area contributed by atoms with Gasteiger partial charge in [-0.25, -0.2) is 0 Å². The van der Waals surface area contributed by atoms with Crippen molar-refractivity contribution in [2.24, 2.45) is 0 Å². The van der Waals surface area contributed by atoms with Crippen LogP contribution in [0.4, 0.5) is 0 Å². The van der Waals surface area contributed by atoms with Crippen LogP contribution in [0, 0.1) is 0 Å². The van der Waals surface area contributed by atoms with Crippen molar-refractivity contribution in [1.29, 1.82) is 0 Å². The van der Waals surface area contributed by atoms with E-state index in [4.69, 9.17) is 0 Å². The average Bonchev–Trinajstić information content (AvgIpc) is 2.74. The minimum absolute atomic E-state index is 0.348. The molecule has 0 aliphatic rings. The fraction of sp³-hybridized carbons (Fsp3) is 0.692. The van der Waals surface area contributed by atoms with Crippen LogP contribution in [0.5, 0.6) is 0 Å². The summed E-state index contributed by atoms with van der Waals surface area (Å²) in [7, 11) is 0. The Bertz CT molecular complexity index is 330. The first kappa shape index (κ1) is 12.9. The van der Waals surface area contributed by atoms with Gasteiger partial charge in [0, 0.05) is 25.1 Å². The molecule has 0 amide bonds. The van der Waals surface area contributed by atoms with Crippen molar-refractivity contribution >= 4 is 5.78 Å². The highest BCUT2D eigenvalue weighted by molar-refractivity contribution is 5.78. The fourth-order valence-corrected chi connectivity index (χ4v) is 1.61. The van der Waals surface area contributed by atoms with Crippen molar-refractivity contribution in [3.05, 3.63) is 18.0 Å². The van der Waals surface area contributed by atoms with Crippen LogP contribution in [0.1, 0.15) is 58.2 Å². The summed E-state index contributed by atoms with van der Waals surface area (Å²) in [6.07, 6.45) is 6.14. The molecule has 1 aromatic rings. The standard InChI is InChI=1S/C13H22N2O/c1-4-6-13(16)8-7-12-9-10-15(14-12)11(3)5-2/h9-11H,4-8H2,1-3H3. The van der Waals surface area contributed by atoms with E-state index in [1.165, 1.54) is 0 Å². The van der Waals surface area contributed by atoms with Crippen molar-refractivity contribution < 1.29 is 4.79 Å². The molecular formula is C13H22N2O. The molecule has 16 heavy (non-hydrogen) atoms. The first-order chi connectivity index (χ1) is 7.67. The number of Topliss-reactive ketones (excluding diaryl/α,β-unsaturated/α-hetero) is 1. The summed E-state index contributed by atoms with van der Waals surface area (Å²) >= 11 is 0. The van der Waals surface area contributed by atoms with Crippen LogP contribution in [0.3, 0.4) is 0 Å². The Kier molecular flexibility index (Phi) is 5.23. The lowest BCUT2D eigenvalue weighted by Crippen LogP contribution is -2.05. The van der Waals surface area contributed by atoms with E-state index in [1.54, 1.807) is 0 Å². The number of carbonyl (C=O) groups excluding carboxylic acids is 1. The Balaban J connectivity index is 2.43. The zero-order chi connectivity index (χ0) is 12.0. The molecular weight excluding hydrogens is 200 g/mol. The van der Waals surface area contributed by atoms with E-state index in [2.05, 4.69) is 18.9 Å². The van der Waals surface area contributed by atoms with E-state index < -0.39 is 0 Å². The van der Waals surface area contributed by atoms with Crippen molar-refractivity contribution in [2.75, 3.05) is 0 Å². The van der Waals surface area contributed by atoms with Crippen molar-refractivity contribution in [2.45, 2.75) is 58.9 Å². The smallest absolute Gasteiger partial charge is 0.133 e. The van der Waals surface area contributed by atoms with Gasteiger partial charge in [-0.05, 0) is 32.3 Å². The van der Waals surface area contributed by atoms with Gasteiger partial charge in [-0.2, -0.15) is 5.10 Å². The number of aryl methyl sites for hydroxylation is 1. The van der Waals surface area contributed by atoms with Crippen LogP contribution in [0.15, 0.2) is 12.3 Å². The highest BCUT2D eigenvalue weighted by Crippen LogP contribution is 2.10. The molecule has 0 saturated heterocycles. The molecule has 0 spiro atoms. The molecule has 1 aromatic heterocycles. The molecule has 90 valence electrons.